The second-order valence-electron chi connectivity index (χ2n) is 5.73. The van der Waals surface area contributed by atoms with Crippen LogP contribution >= 0.6 is 0 Å². The van der Waals surface area contributed by atoms with E-state index in [-0.39, 0.29) is 0 Å². The Morgan fingerprint density at radius 1 is 1.21 bits per heavy atom. The maximum atomic E-state index is 4.33. The van der Waals surface area contributed by atoms with Gasteiger partial charge in [-0.25, -0.2) is 9.97 Å². The summed E-state index contributed by atoms with van der Waals surface area (Å²) in [5, 5.41) is 3.36. The Kier molecular flexibility index (Phi) is 3.94. The van der Waals surface area contributed by atoms with E-state index >= 15 is 0 Å². The number of hydrogen-bond acceptors (Lipinski definition) is 5. The molecule has 104 valence electrons. The van der Waals surface area contributed by atoms with Crippen LogP contribution < -0.4 is 10.2 Å². The fourth-order valence-electron chi connectivity index (χ4n) is 2.85. The largest absolute Gasteiger partial charge is 0.338 e. The number of nitrogens with zero attached hydrogens (tertiary/aromatic N) is 4. The van der Waals surface area contributed by atoms with Crippen LogP contribution in [0.1, 0.15) is 6.92 Å². The van der Waals surface area contributed by atoms with Crippen LogP contribution in [0.3, 0.4) is 0 Å². The average molecular weight is 261 g/mol. The van der Waals surface area contributed by atoms with E-state index in [0.29, 0.717) is 0 Å². The van der Waals surface area contributed by atoms with Crippen molar-refractivity contribution in [1.29, 1.82) is 0 Å². The molecule has 1 aromatic heterocycles. The predicted molar refractivity (Wildman–Crippen MR) is 76.2 cm³/mol. The van der Waals surface area contributed by atoms with Gasteiger partial charge in [-0.3, -0.25) is 4.90 Å². The number of aromatic nitrogens is 2. The second-order valence-corrected chi connectivity index (χ2v) is 5.73. The summed E-state index contributed by atoms with van der Waals surface area (Å²) in [4.78, 5) is 13.5. The molecule has 0 aromatic carbocycles. The van der Waals surface area contributed by atoms with Gasteiger partial charge in [0.15, 0.2) is 0 Å². The summed E-state index contributed by atoms with van der Waals surface area (Å²) in [6, 6.07) is 1.87. The molecule has 1 N–H and O–H groups in total. The van der Waals surface area contributed by atoms with Gasteiger partial charge >= 0.3 is 0 Å². The van der Waals surface area contributed by atoms with Crippen molar-refractivity contribution in [2.75, 3.05) is 50.7 Å². The van der Waals surface area contributed by atoms with Crippen LogP contribution in [0.5, 0.6) is 0 Å². The Balaban J connectivity index is 1.46. The number of hydrogen-bond donors (Lipinski definition) is 1. The molecule has 1 atom stereocenters. The average Bonchev–Trinajstić information content (AvgIpc) is 2.38. The van der Waals surface area contributed by atoms with Crippen molar-refractivity contribution >= 4 is 5.95 Å². The van der Waals surface area contributed by atoms with Crippen molar-refractivity contribution < 1.29 is 0 Å². The number of piperazine rings is 1. The summed E-state index contributed by atoms with van der Waals surface area (Å²) < 4.78 is 0. The van der Waals surface area contributed by atoms with Gasteiger partial charge in [-0.15, -0.1) is 0 Å². The standard InChI is InChI=1S/C14H23N5/c1-12(13-9-15-10-13)11-18-5-7-19(8-6-18)14-16-3-2-4-17-14/h2-4,12-13,15H,5-11H2,1H3. The van der Waals surface area contributed by atoms with Crippen LogP contribution in [-0.2, 0) is 0 Å². The first-order valence-electron chi connectivity index (χ1n) is 7.28. The zero-order chi connectivity index (χ0) is 13.1. The smallest absolute Gasteiger partial charge is 0.225 e. The lowest BCUT2D eigenvalue weighted by Gasteiger charge is -2.39. The van der Waals surface area contributed by atoms with E-state index in [1.54, 1.807) is 0 Å². The number of anilines is 1. The Labute approximate surface area is 115 Å². The van der Waals surface area contributed by atoms with E-state index in [2.05, 4.69) is 32.0 Å². The van der Waals surface area contributed by atoms with Crippen LogP contribution in [0.2, 0.25) is 0 Å². The van der Waals surface area contributed by atoms with Gasteiger partial charge in [-0.05, 0) is 31.0 Å². The van der Waals surface area contributed by atoms with Gasteiger partial charge in [0.25, 0.3) is 0 Å². The third-order valence-electron chi connectivity index (χ3n) is 4.37. The zero-order valence-corrected chi connectivity index (χ0v) is 11.6. The Morgan fingerprint density at radius 2 is 1.89 bits per heavy atom. The lowest BCUT2D eigenvalue weighted by Crippen LogP contribution is -2.52. The fraction of sp³-hybridized carbons (Fsp3) is 0.714. The monoisotopic (exact) mass is 261 g/mol. The summed E-state index contributed by atoms with van der Waals surface area (Å²) in [5.74, 6) is 2.56. The Hall–Kier alpha value is -1.20. The molecule has 2 fully saturated rings. The second kappa shape index (κ2) is 5.84. The fourth-order valence-corrected chi connectivity index (χ4v) is 2.85. The van der Waals surface area contributed by atoms with Crippen molar-refractivity contribution in [3.8, 4) is 0 Å². The highest BCUT2D eigenvalue weighted by atomic mass is 15.3. The molecule has 2 aliphatic rings. The quantitative estimate of drug-likeness (QED) is 0.853. The molecule has 2 saturated heterocycles. The number of nitrogens with one attached hydrogen (secondary N) is 1. The van der Waals surface area contributed by atoms with Gasteiger partial charge in [0.2, 0.25) is 5.95 Å². The molecule has 5 heteroatoms. The van der Waals surface area contributed by atoms with Crippen LogP contribution in [0.4, 0.5) is 5.95 Å². The molecule has 0 aliphatic carbocycles. The normalized spacial score (nSPS) is 23.1. The van der Waals surface area contributed by atoms with Gasteiger partial charge in [0.05, 0.1) is 0 Å². The van der Waals surface area contributed by atoms with Crippen molar-refractivity contribution in [2.45, 2.75) is 6.92 Å². The molecule has 0 spiro atoms. The highest BCUT2D eigenvalue weighted by Gasteiger charge is 2.26. The van der Waals surface area contributed by atoms with Crippen molar-refractivity contribution in [3.05, 3.63) is 18.5 Å². The highest BCUT2D eigenvalue weighted by molar-refractivity contribution is 5.29. The van der Waals surface area contributed by atoms with E-state index in [0.717, 1.165) is 44.0 Å². The third kappa shape index (κ3) is 3.04. The molecule has 5 nitrogen and oxygen atoms in total. The molecule has 0 amide bonds. The molecular formula is C14H23N5. The molecule has 0 bridgehead atoms. The van der Waals surface area contributed by atoms with E-state index in [4.69, 9.17) is 0 Å². The van der Waals surface area contributed by atoms with Crippen LogP contribution in [0.15, 0.2) is 18.5 Å². The Morgan fingerprint density at radius 3 is 2.47 bits per heavy atom. The van der Waals surface area contributed by atoms with Gasteiger partial charge in [-0.2, -0.15) is 0 Å². The third-order valence-corrected chi connectivity index (χ3v) is 4.37. The summed E-state index contributed by atoms with van der Waals surface area (Å²) in [5.41, 5.74) is 0. The molecule has 1 aromatic rings. The minimum absolute atomic E-state index is 0.806. The molecule has 3 heterocycles. The first-order chi connectivity index (χ1) is 9.33. The van der Waals surface area contributed by atoms with Crippen LogP contribution in [-0.4, -0.2) is 60.7 Å². The minimum atomic E-state index is 0.806. The maximum Gasteiger partial charge on any atom is 0.225 e. The zero-order valence-electron chi connectivity index (χ0n) is 11.6. The van der Waals surface area contributed by atoms with Gasteiger partial charge in [-0.1, -0.05) is 6.92 Å². The summed E-state index contributed by atoms with van der Waals surface area (Å²) in [6.45, 7) is 10.4. The summed E-state index contributed by atoms with van der Waals surface area (Å²) >= 11 is 0. The molecule has 19 heavy (non-hydrogen) atoms. The van der Waals surface area contributed by atoms with E-state index < -0.39 is 0 Å². The summed E-state index contributed by atoms with van der Waals surface area (Å²) in [7, 11) is 0. The first kappa shape index (κ1) is 12.8. The van der Waals surface area contributed by atoms with Crippen molar-refractivity contribution in [1.82, 2.24) is 20.2 Å². The lowest BCUT2D eigenvalue weighted by atomic mass is 9.88. The molecule has 3 rings (SSSR count). The van der Waals surface area contributed by atoms with Crippen molar-refractivity contribution in [2.24, 2.45) is 11.8 Å². The predicted octanol–water partition coefficient (Wildman–Crippen LogP) is 0.454. The molecule has 1 unspecified atom stereocenters. The molecule has 0 saturated carbocycles. The number of rotatable bonds is 4. The van der Waals surface area contributed by atoms with E-state index in [1.807, 2.05) is 18.5 Å². The van der Waals surface area contributed by atoms with Gasteiger partial charge < -0.3 is 10.2 Å². The van der Waals surface area contributed by atoms with E-state index in [9.17, 15) is 0 Å². The van der Waals surface area contributed by atoms with Gasteiger partial charge in [0.1, 0.15) is 0 Å². The minimum Gasteiger partial charge on any atom is -0.338 e. The molecule has 2 aliphatic heterocycles. The van der Waals surface area contributed by atoms with Crippen molar-refractivity contribution in [3.63, 3.8) is 0 Å². The van der Waals surface area contributed by atoms with E-state index in [1.165, 1.54) is 19.6 Å². The van der Waals surface area contributed by atoms with Crippen LogP contribution in [0, 0.1) is 11.8 Å². The van der Waals surface area contributed by atoms with Gasteiger partial charge in [0, 0.05) is 45.1 Å². The Bertz CT molecular complexity index is 384. The lowest BCUT2D eigenvalue weighted by molar-refractivity contribution is 0.160. The summed E-state index contributed by atoms with van der Waals surface area (Å²) in [6.07, 6.45) is 3.64. The highest BCUT2D eigenvalue weighted by Crippen LogP contribution is 2.18. The first-order valence-corrected chi connectivity index (χ1v) is 7.28. The topological polar surface area (TPSA) is 44.3 Å². The molecular weight excluding hydrogens is 238 g/mol. The maximum absolute atomic E-state index is 4.33. The van der Waals surface area contributed by atoms with Crippen LogP contribution in [0.25, 0.3) is 0 Å². The SMILES string of the molecule is CC(CN1CCN(c2ncccn2)CC1)C1CNC1. The molecule has 0 radical (unpaired) electrons.